The van der Waals surface area contributed by atoms with E-state index in [1.807, 2.05) is 19.9 Å². The number of anilines is 1. The molecule has 1 aromatic heterocycles. The molecular weight excluding hydrogens is 318 g/mol. The monoisotopic (exact) mass is 335 g/mol. The number of aromatic nitrogens is 2. The van der Waals surface area contributed by atoms with Crippen LogP contribution < -0.4 is 14.8 Å². The van der Waals surface area contributed by atoms with E-state index >= 15 is 0 Å². The molecule has 0 aliphatic carbocycles. The van der Waals surface area contributed by atoms with E-state index in [9.17, 15) is 4.79 Å². The maximum absolute atomic E-state index is 12.5. The van der Waals surface area contributed by atoms with E-state index in [0.717, 1.165) is 16.9 Å². The van der Waals surface area contributed by atoms with Gasteiger partial charge in [0.25, 0.3) is 5.91 Å². The van der Waals surface area contributed by atoms with E-state index < -0.39 is 0 Å². The van der Waals surface area contributed by atoms with Crippen molar-refractivity contribution in [2.45, 2.75) is 13.8 Å². The zero-order valence-corrected chi connectivity index (χ0v) is 14.0. The van der Waals surface area contributed by atoms with Crippen LogP contribution in [0.4, 0.5) is 5.69 Å². The number of nitrogens with zero attached hydrogens (tertiary/aromatic N) is 2. The zero-order valence-electron chi connectivity index (χ0n) is 14.0. The second-order valence-electron chi connectivity index (χ2n) is 5.91. The highest BCUT2D eigenvalue weighted by Crippen LogP contribution is 2.32. The van der Waals surface area contributed by atoms with Crippen LogP contribution >= 0.6 is 0 Å². The van der Waals surface area contributed by atoms with Gasteiger partial charge < -0.3 is 14.8 Å². The highest BCUT2D eigenvalue weighted by Gasteiger charge is 2.14. The molecule has 25 heavy (non-hydrogen) atoms. The summed E-state index contributed by atoms with van der Waals surface area (Å²) >= 11 is 0. The largest absolute Gasteiger partial charge is 0.486 e. The van der Waals surface area contributed by atoms with Crippen LogP contribution in [0.5, 0.6) is 11.5 Å². The molecule has 0 saturated heterocycles. The van der Waals surface area contributed by atoms with Gasteiger partial charge in [0.2, 0.25) is 0 Å². The van der Waals surface area contributed by atoms with Crippen molar-refractivity contribution in [1.82, 2.24) is 9.97 Å². The Morgan fingerprint density at radius 3 is 2.44 bits per heavy atom. The predicted octanol–water partition coefficient (Wildman–Crippen LogP) is 3.27. The van der Waals surface area contributed by atoms with Gasteiger partial charge in [-0.25, -0.2) is 9.97 Å². The highest BCUT2D eigenvalue weighted by atomic mass is 16.6. The number of hydrogen-bond acceptors (Lipinski definition) is 5. The Morgan fingerprint density at radius 1 is 0.920 bits per heavy atom. The van der Waals surface area contributed by atoms with Crippen LogP contribution in [0.2, 0.25) is 0 Å². The Labute approximate surface area is 144 Å². The second kappa shape index (κ2) is 6.05. The summed E-state index contributed by atoms with van der Waals surface area (Å²) in [5, 5.41) is 2.88. The van der Waals surface area contributed by atoms with E-state index in [1.165, 1.54) is 0 Å². The summed E-state index contributed by atoms with van der Waals surface area (Å²) in [7, 11) is 0. The SMILES string of the molecule is Cc1nc2ccc(C(=O)Nc3ccc4c(c3)OCCO4)cc2nc1C. The lowest BCUT2D eigenvalue weighted by Gasteiger charge is -2.19. The summed E-state index contributed by atoms with van der Waals surface area (Å²) < 4.78 is 11.0. The van der Waals surface area contributed by atoms with Crippen LogP contribution in [-0.2, 0) is 0 Å². The molecule has 0 radical (unpaired) electrons. The van der Waals surface area contributed by atoms with Crippen molar-refractivity contribution in [3.63, 3.8) is 0 Å². The molecule has 1 amide bonds. The Balaban J connectivity index is 1.60. The third-order valence-electron chi connectivity index (χ3n) is 4.14. The van der Waals surface area contributed by atoms with Gasteiger partial charge in [-0.05, 0) is 44.2 Å². The van der Waals surface area contributed by atoms with Crippen LogP contribution in [0.3, 0.4) is 0 Å². The van der Waals surface area contributed by atoms with Crippen molar-refractivity contribution < 1.29 is 14.3 Å². The fraction of sp³-hybridized carbons (Fsp3) is 0.211. The van der Waals surface area contributed by atoms with Gasteiger partial charge in [-0.3, -0.25) is 4.79 Å². The molecule has 2 aromatic carbocycles. The summed E-state index contributed by atoms with van der Waals surface area (Å²) in [4.78, 5) is 21.5. The zero-order chi connectivity index (χ0) is 17.4. The molecule has 6 nitrogen and oxygen atoms in total. The molecule has 0 saturated carbocycles. The van der Waals surface area contributed by atoms with Gasteiger partial charge in [-0.1, -0.05) is 0 Å². The summed E-state index contributed by atoms with van der Waals surface area (Å²) in [6, 6.07) is 10.7. The molecule has 6 heteroatoms. The number of rotatable bonds is 2. The lowest BCUT2D eigenvalue weighted by Crippen LogP contribution is -2.16. The summed E-state index contributed by atoms with van der Waals surface area (Å²) in [5.74, 6) is 1.12. The number of aryl methyl sites for hydroxylation is 2. The van der Waals surface area contributed by atoms with E-state index in [2.05, 4.69) is 15.3 Å². The van der Waals surface area contributed by atoms with Gasteiger partial charge in [0, 0.05) is 17.3 Å². The number of carbonyl (C=O) groups excluding carboxylic acids is 1. The number of benzene rings is 2. The Hall–Kier alpha value is -3.15. The van der Waals surface area contributed by atoms with Crippen LogP contribution in [0.25, 0.3) is 11.0 Å². The van der Waals surface area contributed by atoms with Gasteiger partial charge in [0.05, 0.1) is 22.4 Å². The summed E-state index contributed by atoms with van der Waals surface area (Å²) in [5.41, 5.74) is 4.41. The fourth-order valence-electron chi connectivity index (χ4n) is 2.70. The van der Waals surface area contributed by atoms with Crippen LogP contribution in [0.15, 0.2) is 36.4 Å². The molecule has 1 N–H and O–H groups in total. The molecule has 0 bridgehead atoms. The first-order chi connectivity index (χ1) is 12.1. The Bertz CT molecular complexity index is 985. The molecule has 4 rings (SSSR count). The first kappa shape index (κ1) is 15.4. The van der Waals surface area contributed by atoms with Crippen molar-refractivity contribution in [3.8, 4) is 11.5 Å². The summed E-state index contributed by atoms with van der Waals surface area (Å²) in [6.45, 7) is 4.87. The first-order valence-corrected chi connectivity index (χ1v) is 8.06. The highest BCUT2D eigenvalue weighted by molar-refractivity contribution is 6.06. The number of ether oxygens (including phenoxy) is 2. The lowest BCUT2D eigenvalue weighted by molar-refractivity contribution is 0.102. The third-order valence-corrected chi connectivity index (χ3v) is 4.14. The van der Waals surface area contributed by atoms with E-state index in [-0.39, 0.29) is 5.91 Å². The van der Waals surface area contributed by atoms with Crippen molar-refractivity contribution in [2.75, 3.05) is 18.5 Å². The smallest absolute Gasteiger partial charge is 0.255 e. The lowest BCUT2D eigenvalue weighted by atomic mass is 10.1. The van der Waals surface area contributed by atoms with Crippen molar-refractivity contribution in [3.05, 3.63) is 53.3 Å². The standard InChI is InChI=1S/C19H17N3O3/c1-11-12(2)21-16-9-13(3-5-15(16)20-11)19(23)22-14-4-6-17-18(10-14)25-8-7-24-17/h3-6,9-10H,7-8H2,1-2H3,(H,22,23). The topological polar surface area (TPSA) is 73.3 Å². The number of nitrogens with one attached hydrogen (secondary N) is 1. The third kappa shape index (κ3) is 2.98. The molecule has 2 heterocycles. The number of carbonyl (C=O) groups is 1. The van der Waals surface area contributed by atoms with Gasteiger partial charge >= 0.3 is 0 Å². The molecule has 126 valence electrons. The number of amides is 1. The van der Waals surface area contributed by atoms with Crippen molar-refractivity contribution in [1.29, 1.82) is 0 Å². The average molecular weight is 335 g/mol. The molecule has 0 atom stereocenters. The van der Waals surface area contributed by atoms with Crippen molar-refractivity contribution in [2.24, 2.45) is 0 Å². The van der Waals surface area contributed by atoms with Crippen LogP contribution in [-0.4, -0.2) is 29.1 Å². The van der Waals surface area contributed by atoms with Crippen LogP contribution in [0.1, 0.15) is 21.7 Å². The first-order valence-electron chi connectivity index (χ1n) is 8.06. The Kier molecular flexibility index (Phi) is 3.72. The minimum Gasteiger partial charge on any atom is -0.486 e. The molecule has 0 spiro atoms. The molecular formula is C19H17N3O3. The van der Waals surface area contributed by atoms with Gasteiger partial charge in [0.1, 0.15) is 13.2 Å². The van der Waals surface area contributed by atoms with E-state index in [4.69, 9.17) is 9.47 Å². The maximum atomic E-state index is 12.5. The second-order valence-corrected chi connectivity index (χ2v) is 5.91. The molecule has 1 aliphatic heterocycles. The Morgan fingerprint density at radius 2 is 1.64 bits per heavy atom. The minimum absolute atomic E-state index is 0.210. The number of hydrogen-bond donors (Lipinski definition) is 1. The van der Waals surface area contributed by atoms with Crippen molar-refractivity contribution >= 4 is 22.6 Å². The molecule has 1 aliphatic rings. The fourth-order valence-corrected chi connectivity index (χ4v) is 2.70. The van der Waals surface area contributed by atoms with E-state index in [1.54, 1.807) is 30.3 Å². The van der Waals surface area contributed by atoms with Gasteiger partial charge in [0.15, 0.2) is 11.5 Å². The predicted molar refractivity (Wildman–Crippen MR) is 94.4 cm³/mol. The van der Waals surface area contributed by atoms with Gasteiger partial charge in [-0.2, -0.15) is 0 Å². The number of fused-ring (bicyclic) bond motifs is 2. The minimum atomic E-state index is -0.210. The van der Waals surface area contributed by atoms with Gasteiger partial charge in [-0.15, -0.1) is 0 Å². The molecule has 0 fully saturated rings. The average Bonchev–Trinajstić information content (AvgIpc) is 2.62. The van der Waals surface area contributed by atoms with Crippen LogP contribution in [0, 0.1) is 13.8 Å². The maximum Gasteiger partial charge on any atom is 0.255 e. The molecule has 3 aromatic rings. The molecule has 0 unspecified atom stereocenters. The normalized spacial score (nSPS) is 12.9. The summed E-state index contributed by atoms with van der Waals surface area (Å²) in [6.07, 6.45) is 0. The van der Waals surface area contributed by atoms with E-state index in [0.29, 0.717) is 41.5 Å². The quantitative estimate of drug-likeness (QED) is 0.778.